The van der Waals surface area contributed by atoms with Crippen molar-refractivity contribution in [2.24, 2.45) is 0 Å². The number of halogens is 5. The minimum absolute atomic E-state index is 1.57. The van der Waals surface area contributed by atoms with Gasteiger partial charge in [0, 0.05) is 6.42 Å². The number of aliphatic hydroxyl groups is 1. The lowest BCUT2D eigenvalue weighted by atomic mass is 10.3. The zero-order chi connectivity index (χ0) is 8.41. The number of rotatable bonds is 2. The maximum atomic E-state index is 11.3. The molecule has 0 unspecified atom stereocenters. The molecule has 0 aliphatic carbocycles. The smallest absolute Gasteiger partial charge is 0.336 e. The molecule has 6 heteroatoms. The first kappa shape index (κ1) is 9.61. The van der Waals surface area contributed by atoms with Gasteiger partial charge in [0.2, 0.25) is 0 Å². The summed E-state index contributed by atoms with van der Waals surface area (Å²) in [5.41, 5.74) is 0. The Morgan fingerprint density at radius 1 is 0.900 bits per heavy atom. The molecule has 0 aromatic carbocycles. The number of hydrogen-bond acceptors (Lipinski definition) is 1. The molecule has 0 rings (SSSR count). The third-order valence-electron chi connectivity index (χ3n) is 0.709. The van der Waals surface area contributed by atoms with Gasteiger partial charge in [0.25, 0.3) is 0 Å². The predicted molar refractivity (Wildman–Crippen MR) is 22.5 cm³/mol. The fraction of sp³-hybridized carbons (Fsp3) is 1.00. The van der Waals surface area contributed by atoms with Gasteiger partial charge >= 0.3 is 12.3 Å². The molecule has 0 fully saturated rings. The van der Waals surface area contributed by atoms with Crippen molar-refractivity contribution >= 4 is 0 Å². The quantitative estimate of drug-likeness (QED) is 0.618. The Kier molecular flexibility index (Phi) is 2.59. The average Bonchev–Trinajstić information content (AvgIpc) is 1.57. The highest BCUT2D eigenvalue weighted by molar-refractivity contribution is 4.55. The summed E-state index contributed by atoms with van der Waals surface area (Å²) < 4.78 is 56.0. The highest BCUT2D eigenvalue weighted by Gasteiger charge is 2.34. The van der Waals surface area contributed by atoms with Crippen molar-refractivity contribution < 1.29 is 27.1 Å². The van der Waals surface area contributed by atoms with E-state index in [9.17, 15) is 22.0 Å². The highest BCUT2D eigenvalue weighted by atomic mass is 19.4. The van der Waals surface area contributed by atoms with Gasteiger partial charge in [-0.25, -0.2) is 0 Å². The largest absolute Gasteiger partial charge is 0.389 e. The summed E-state index contributed by atoms with van der Waals surface area (Å²) in [5.74, 6) is 0. The van der Waals surface area contributed by atoms with E-state index < -0.39 is 25.1 Å². The van der Waals surface area contributed by atoms with E-state index >= 15 is 0 Å². The van der Waals surface area contributed by atoms with Crippen LogP contribution in [0.5, 0.6) is 0 Å². The number of alkyl halides is 5. The second-order valence-electron chi connectivity index (χ2n) is 1.78. The molecule has 1 N–H and O–H groups in total. The topological polar surface area (TPSA) is 20.2 Å². The minimum atomic E-state index is -4.63. The van der Waals surface area contributed by atoms with Crippen LogP contribution in [0.1, 0.15) is 12.8 Å². The van der Waals surface area contributed by atoms with E-state index in [2.05, 4.69) is 0 Å². The Labute approximate surface area is 53.5 Å². The molecular weight excluding hydrogens is 159 g/mol. The normalized spacial score (nSPS) is 13.8. The molecule has 62 valence electrons. The van der Waals surface area contributed by atoms with Gasteiger partial charge in [-0.3, -0.25) is 0 Å². The van der Waals surface area contributed by atoms with Gasteiger partial charge in [-0.1, -0.05) is 0 Å². The third-order valence-corrected chi connectivity index (χ3v) is 0.709. The van der Waals surface area contributed by atoms with E-state index in [1.54, 1.807) is 0 Å². The molecule has 1 nitrogen and oxygen atoms in total. The zero-order valence-electron chi connectivity index (χ0n) is 4.75. The molecule has 0 radical (unpaired) electrons. The van der Waals surface area contributed by atoms with E-state index in [1.165, 1.54) is 0 Å². The first-order valence-electron chi connectivity index (χ1n) is 2.38. The summed E-state index contributed by atoms with van der Waals surface area (Å²) in [7, 11) is 0. The van der Waals surface area contributed by atoms with Gasteiger partial charge in [0.15, 0.2) is 0 Å². The average molecular weight is 164 g/mol. The lowest BCUT2D eigenvalue weighted by Crippen LogP contribution is -2.19. The Balaban J connectivity index is 3.56. The van der Waals surface area contributed by atoms with Crippen molar-refractivity contribution in [1.29, 1.82) is 0 Å². The minimum Gasteiger partial charge on any atom is -0.336 e. The van der Waals surface area contributed by atoms with Crippen molar-refractivity contribution in [3.8, 4) is 0 Å². The van der Waals surface area contributed by atoms with Gasteiger partial charge in [-0.15, -0.1) is 0 Å². The molecule has 0 amide bonds. The molecular formula is C4H5F5O. The molecule has 0 aliphatic rings. The van der Waals surface area contributed by atoms with E-state index in [0.29, 0.717) is 0 Å². The van der Waals surface area contributed by atoms with Crippen molar-refractivity contribution in [3.63, 3.8) is 0 Å². The van der Waals surface area contributed by atoms with Crippen LogP contribution in [-0.4, -0.2) is 17.4 Å². The monoisotopic (exact) mass is 164 g/mol. The summed E-state index contributed by atoms with van der Waals surface area (Å²) in [6, 6.07) is 0. The van der Waals surface area contributed by atoms with Gasteiger partial charge in [-0.2, -0.15) is 22.0 Å². The molecule has 0 atom stereocenters. The Morgan fingerprint density at radius 3 is 1.40 bits per heavy atom. The Bertz CT molecular complexity index is 87.2. The van der Waals surface area contributed by atoms with Crippen molar-refractivity contribution in [2.75, 3.05) is 0 Å². The maximum Gasteiger partial charge on any atom is 0.389 e. The van der Waals surface area contributed by atoms with Crippen LogP contribution in [0.4, 0.5) is 22.0 Å². The molecule has 0 spiro atoms. The zero-order valence-corrected chi connectivity index (χ0v) is 4.75. The predicted octanol–water partition coefficient (Wildman–Crippen LogP) is 1.91. The molecule has 0 saturated carbocycles. The molecule has 0 aliphatic heterocycles. The van der Waals surface area contributed by atoms with Crippen LogP contribution in [0, 0.1) is 0 Å². The first-order chi connectivity index (χ1) is 4.21. The van der Waals surface area contributed by atoms with Gasteiger partial charge in [0.1, 0.15) is 0 Å². The lowest BCUT2D eigenvalue weighted by molar-refractivity contribution is -0.226. The van der Waals surface area contributed by atoms with Crippen LogP contribution in [-0.2, 0) is 0 Å². The SMILES string of the molecule is OC(F)(F)CCC(F)(F)F. The maximum absolute atomic E-state index is 11.3. The molecule has 0 bridgehead atoms. The first-order valence-corrected chi connectivity index (χ1v) is 2.38. The Morgan fingerprint density at radius 2 is 1.30 bits per heavy atom. The van der Waals surface area contributed by atoms with Crippen LogP contribution in [0.3, 0.4) is 0 Å². The van der Waals surface area contributed by atoms with E-state index in [1.807, 2.05) is 0 Å². The molecule has 0 saturated heterocycles. The fourth-order valence-electron chi connectivity index (χ4n) is 0.292. The van der Waals surface area contributed by atoms with Crippen LogP contribution in [0.25, 0.3) is 0 Å². The van der Waals surface area contributed by atoms with Gasteiger partial charge in [0.05, 0.1) is 6.42 Å². The van der Waals surface area contributed by atoms with Crippen molar-refractivity contribution in [1.82, 2.24) is 0 Å². The summed E-state index contributed by atoms with van der Waals surface area (Å²) in [6.45, 7) is 0. The van der Waals surface area contributed by atoms with Gasteiger partial charge < -0.3 is 5.11 Å². The third kappa shape index (κ3) is 7.61. The summed E-state index contributed by atoms with van der Waals surface area (Å²) in [5, 5.41) is 7.55. The lowest BCUT2D eigenvalue weighted by Gasteiger charge is -2.09. The summed E-state index contributed by atoms with van der Waals surface area (Å²) in [6.07, 6.45) is -12.1. The number of hydrogen-bond donors (Lipinski definition) is 1. The Hall–Kier alpha value is -0.390. The van der Waals surface area contributed by atoms with Crippen LogP contribution >= 0.6 is 0 Å². The van der Waals surface area contributed by atoms with E-state index in [4.69, 9.17) is 5.11 Å². The summed E-state index contributed by atoms with van der Waals surface area (Å²) in [4.78, 5) is 0. The van der Waals surface area contributed by atoms with Crippen LogP contribution < -0.4 is 0 Å². The standard InChI is InChI=1S/C4H5F5O/c5-3(6,7)1-2-4(8,9)10/h10H,1-2H2. The van der Waals surface area contributed by atoms with E-state index in [0.717, 1.165) is 0 Å². The van der Waals surface area contributed by atoms with Crippen LogP contribution in [0.15, 0.2) is 0 Å². The fourth-order valence-corrected chi connectivity index (χ4v) is 0.292. The van der Waals surface area contributed by atoms with Crippen LogP contribution in [0.2, 0.25) is 0 Å². The second kappa shape index (κ2) is 2.69. The van der Waals surface area contributed by atoms with Crippen molar-refractivity contribution in [3.05, 3.63) is 0 Å². The molecule has 0 aromatic rings. The molecule has 0 aromatic heterocycles. The second-order valence-corrected chi connectivity index (χ2v) is 1.78. The van der Waals surface area contributed by atoms with Crippen molar-refractivity contribution in [2.45, 2.75) is 25.1 Å². The molecule has 0 heterocycles. The molecule has 10 heavy (non-hydrogen) atoms. The summed E-state index contributed by atoms with van der Waals surface area (Å²) >= 11 is 0. The van der Waals surface area contributed by atoms with Gasteiger partial charge in [-0.05, 0) is 0 Å². The highest BCUT2D eigenvalue weighted by Crippen LogP contribution is 2.26. The van der Waals surface area contributed by atoms with E-state index in [-0.39, 0.29) is 0 Å².